The van der Waals surface area contributed by atoms with E-state index in [2.05, 4.69) is 37.5 Å². The van der Waals surface area contributed by atoms with Crippen molar-refractivity contribution in [3.8, 4) is 0 Å². The van der Waals surface area contributed by atoms with Crippen LogP contribution in [0.5, 0.6) is 0 Å². The second-order valence-corrected chi connectivity index (χ2v) is 13.2. The molecule has 44 heavy (non-hydrogen) atoms. The van der Waals surface area contributed by atoms with Crippen molar-refractivity contribution in [2.45, 2.75) is 59.2 Å². The van der Waals surface area contributed by atoms with Crippen LogP contribution in [0.4, 0.5) is 22.1 Å². The maximum Gasteiger partial charge on any atom is 0.407 e. The van der Waals surface area contributed by atoms with Crippen LogP contribution in [0.15, 0.2) is 36.7 Å². The van der Waals surface area contributed by atoms with E-state index in [1.165, 1.54) is 18.1 Å². The number of alkyl carbamates (subject to hydrolysis) is 1. The summed E-state index contributed by atoms with van der Waals surface area (Å²) in [7, 11) is 0.208. The van der Waals surface area contributed by atoms with Crippen LogP contribution in [0.1, 0.15) is 46.1 Å². The molecule has 1 aromatic heterocycles. The van der Waals surface area contributed by atoms with Crippen molar-refractivity contribution in [3.63, 3.8) is 0 Å². The van der Waals surface area contributed by atoms with Gasteiger partial charge in [-0.1, -0.05) is 55.9 Å². The molecule has 1 aliphatic heterocycles. The number of anilines is 3. The zero-order valence-electron chi connectivity index (χ0n) is 26.2. The molecular weight excluding hydrogens is 605 g/mol. The third-order valence-electron chi connectivity index (χ3n) is 7.03. The summed E-state index contributed by atoms with van der Waals surface area (Å²) in [4.78, 5) is 35.0. The third-order valence-corrected chi connectivity index (χ3v) is 9.43. The summed E-state index contributed by atoms with van der Waals surface area (Å²) in [5, 5.41) is 9.35. The van der Waals surface area contributed by atoms with E-state index in [9.17, 15) is 9.59 Å². The Hall–Kier alpha value is -2.74. The number of aromatic nitrogens is 2. The Morgan fingerprint density at radius 3 is 2.73 bits per heavy atom. The predicted octanol–water partition coefficient (Wildman–Crippen LogP) is 4.51. The fraction of sp³-hybridized carbons (Fsp3) is 0.586. The lowest BCUT2D eigenvalue weighted by Crippen LogP contribution is -2.37. The molecule has 1 aromatic carbocycles. The summed E-state index contributed by atoms with van der Waals surface area (Å²) in [5.74, 6) is 1.68. The van der Waals surface area contributed by atoms with Gasteiger partial charge in [0, 0.05) is 37.4 Å². The molecule has 15 heteroatoms. The van der Waals surface area contributed by atoms with Crippen LogP contribution < -0.4 is 26.4 Å². The first-order chi connectivity index (χ1) is 21.1. The van der Waals surface area contributed by atoms with Crippen molar-refractivity contribution in [2.75, 3.05) is 61.8 Å². The number of hydrogen-bond donors (Lipinski definition) is 4. The highest BCUT2D eigenvalue weighted by molar-refractivity contribution is 8.13. The number of thioether (sulfide) groups is 1. The number of ether oxygens (including phenoxy) is 2. The number of benzene rings is 1. The van der Waals surface area contributed by atoms with Gasteiger partial charge in [0.2, 0.25) is 0 Å². The first-order valence-corrected chi connectivity index (χ1v) is 16.9. The summed E-state index contributed by atoms with van der Waals surface area (Å²) in [6, 6.07) is 10.1. The van der Waals surface area contributed by atoms with Crippen molar-refractivity contribution in [2.24, 2.45) is 5.41 Å². The molecule has 0 saturated carbocycles. The number of methoxy groups -OCH3 is 1. The number of fused-ring (bicyclic) bond motifs is 1. The molecule has 2 aromatic rings. The number of carbonyl (C=O) groups is 2. The van der Waals surface area contributed by atoms with Crippen LogP contribution >= 0.6 is 20.3 Å². The second-order valence-electron chi connectivity index (χ2n) is 10.8. The van der Waals surface area contributed by atoms with E-state index in [1.54, 1.807) is 14.0 Å². The normalized spacial score (nSPS) is 14.8. The molecule has 13 nitrogen and oxygen atoms in total. The van der Waals surface area contributed by atoms with Gasteiger partial charge in [-0.15, -0.1) is 0 Å². The van der Waals surface area contributed by atoms with Gasteiger partial charge >= 0.3 is 6.09 Å². The third kappa shape index (κ3) is 11.3. The Bertz CT molecular complexity index is 1180. The van der Waals surface area contributed by atoms with Crippen LogP contribution in [0.25, 0.3) is 0 Å². The van der Waals surface area contributed by atoms with E-state index in [0.717, 1.165) is 17.1 Å². The Morgan fingerprint density at radius 2 is 2.00 bits per heavy atom. The lowest BCUT2D eigenvalue weighted by Gasteiger charge is -2.29. The van der Waals surface area contributed by atoms with Crippen LogP contribution in [0, 0.1) is 5.41 Å². The van der Waals surface area contributed by atoms with Gasteiger partial charge in [0.1, 0.15) is 12.0 Å². The molecule has 1 amide bonds. The van der Waals surface area contributed by atoms with Crippen molar-refractivity contribution in [1.82, 2.24) is 20.4 Å². The molecule has 0 spiro atoms. The number of carbonyl (C=O) groups excluding carboxylic acids is 2. The number of hydrogen-bond acceptors (Lipinski definition) is 13. The van der Waals surface area contributed by atoms with Gasteiger partial charge in [-0.05, 0) is 32.3 Å². The maximum atomic E-state index is 12.9. The van der Waals surface area contributed by atoms with Gasteiger partial charge in [-0.3, -0.25) is 4.79 Å². The molecular formula is C29H46N7O6PS. The van der Waals surface area contributed by atoms with Crippen molar-refractivity contribution in [1.29, 1.82) is 0 Å². The minimum Gasteiger partial charge on any atom is -0.450 e. The van der Waals surface area contributed by atoms with Crippen molar-refractivity contribution >= 4 is 48.8 Å². The monoisotopic (exact) mass is 651 g/mol. The highest BCUT2D eigenvalue weighted by Crippen LogP contribution is 2.37. The van der Waals surface area contributed by atoms with E-state index in [0.29, 0.717) is 64.0 Å². The molecule has 2 heterocycles. The maximum absolute atomic E-state index is 12.9. The Balaban J connectivity index is 1.49. The van der Waals surface area contributed by atoms with Gasteiger partial charge in [0.05, 0.1) is 32.6 Å². The Kier molecular flexibility index (Phi) is 14.8. The van der Waals surface area contributed by atoms with Crippen molar-refractivity contribution < 1.29 is 28.1 Å². The van der Waals surface area contributed by atoms with Gasteiger partial charge in [-0.25, -0.2) is 19.8 Å². The van der Waals surface area contributed by atoms with E-state index in [4.69, 9.17) is 24.3 Å². The van der Waals surface area contributed by atoms with E-state index in [1.807, 2.05) is 44.2 Å². The number of nitrogens with one attached hydrogen (secondary N) is 3. The Morgan fingerprint density at radius 1 is 1.23 bits per heavy atom. The lowest BCUT2D eigenvalue weighted by molar-refractivity contribution is -0.118. The topological polar surface area (TPSA) is 162 Å². The second kappa shape index (κ2) is 18.3. The predicted molar refractivity (Wildman–Crippen MR) is 175 cm³/mol. The van der Waals surface area contributed by atoms with Gasteiger partial charge < -0.3 is 39.8 Å². The van der Waals surface area contributed by atoms with Crippen molar-refractivity contribution in [3.05, 3.63) is 42.2 Å². The summed E-state index contributed by atoms with van der Waals surface area (Å²) in [6.45, 7) is 10.1. The SMILES string of the molecule is CCOC(=O)NCCC(C)(C)C(=O)SCCO[P@@](NCc1ccccc1)OC[C@H](C[C@H](C)N1CNc2c(N)ncnc21)OC. The van der Waals surface area contributed by atoms with Crippen LogP contribution in [-0.4, -0.2) is 79.2 Å². The van der Waals surface area contributed by atoms with E-state index < -0.39 is 20.0 Å². The fourth-order valence-electron chi connectivity index (χ4n) is 4.36. The first kappa shape index (κ1) is 35.7. The standard InChI is InChI=1S/C29H46N7O6PS/c1-6-40-28(38)31-13-12-29(3,4)27(37)44-15-14-41-43(35-17-22-10-8-7-9-11-22)42-18-23(39-5)16-21(2)36-20-34-24-25(30)32-19-33-26(24)36/h7-11,19,21,23,34-35H,6,12-18,20H2,1-5H3,(H,31,38)(H2,30,32,33)/t21-,23-,43+/m0/s1. The molecule has 0 aliphatic carbocycles. The molecule has 0 saturated heterocycles. The van der Waals surface area contributed by atoms with E-state index >= 15 is 0 Å². The van der Waals surface area contributed by atoms with Crippen LogP contribution in [-0.2, 0) is 29.9 Å². The quantitative estimate of drug-likeness (QED) is 0.124. The number of nitrogens with two attached hydrogens (primary N) is 1. The minimum atomic E-state index is -1.46. The molecule has 0 radical (unpaired) electrons. The summed E-state index contributed by atoms with van der Waals surface area (Å²) < 4.78 is 23.0. The number of nitrogens with zero attached hydrogens (tertiary/aromatic N) is 3. The molecule has 5 N–H and O–H groups in total. The highest BCUT2D eigenvalue weighted by Gasteiger charge is 2.30. The van der Waals surface area contributed by atoms with E-state index in [-0.39, 0.29) is 17.3 Å². The van der Waals surface area contributed by atoms with Gasteiger partial charge in [0.15, 0.2) is 16.8 Å². The average Bonchev–Trinajstić information content (AvgIpc) is 3.45. The molecule has 0 fully saturated rings. The van der Waals surface area contributed by atoms with Crippen LogP contribution in [0.2, 0.25) is 0 Å². The lowest BCUT2D eigenvalue weighted by atomic mass is 9.91. The zero-order valence-corrected chi connectivity index (χ0v) is 27.9. The smallest absolute Gasteiger partial charge is 0.407 e. The summed E-state index contributed by atoms with van der Waals surface area (Å²) >= 11 is 1.22. The molecule has 0 bridgehead atoms. The molecule has 0 unspecified atom stereocenters. The van der Waals surface area contributed by atoms with Gasteiger partial charge in [-0.2, -0.15) is 0 Å². The van der Waals surface area contributed by atoms with Crippen LogP contribution in [0.3, 0.4) is 0 Å². The summed E-state index contributed by atoms with van der Waals surface area (Å²) in [6.07, 6.45) is 1.99. The average molecular weight is 652 g/mol. The molecule has 3 atom stereocenters. The zero-order chi connectivity index (χ0) is 32.0. The number of nitrogen functional groups attached to an aromatic ring is 1. The molecule has 3 rings (SSSR count). The molecule has 1 aliphatic rings. The fourth-order valence-corrected chi connectivity index (χ4v) is 6.46. The van der Waals surface area contributed by atoms with Gasteiger partial charge in [0.25, 0.3) is 8.53 Å². The minimum absolute atomic E-state index is 0.0349. The summed E-state index contributed by atoms with van der Waals surface area (Å²) in [5.41, 5.74) is 7.24. The first-order valence-electron chi connectivity index (χ1n) is 14.7. The highest BCUT2D eigenvalue weighted by atomic mass is 32.2. The Labute approximate surface area is 265 Å². The largest absolute Gasteiger partial charge is 0.450 e. The number of rotatable bonds is 19. The molecule has 244 valence electrons. The number of amides is 1.